The largest absolute Gasteiger partial charge is 0.451 e. The second-order valence-electron chi connectivity index (χ2n) is 6.49. The predicted molar refractivity (Wildman–Crippen MR) is 88.8 cm³/mol. The molecule has 1 aliphatic heterocycles. The van der Waals surface area contributed by atoms with Crippen LogP contribution in [0, 0.1) is 5.92 Å². The lowest BCUT2D eigenvalue weighted by atomic mass is 9.82. The molecule has 1 aliphatic rings. The van der Waals surface area contributed by atoms with E-state index in [1.54, 1.807) is 4.90 Å². The van der Waals surface area contributed by atoms with Crippen LogP contribution in [0.15, 0.2) is 12.3 Å². The minimum Gasteiger partial charge on any atom is -0.427 e. The lowest BCUT2D eigenvalue weighted by Crippen LogP contribution is -2.41. The number of aromatic nitrogens is 2. The van der Waals surface area contributed by atoms with Crippen molar-refractivity contribution in [3.8, 4) is 0 Å². The SMILES string of the molecule is NC(CCCCB(O)O)C1CCN(c2nccc(C(F)(F)F)n2)CC1. The Labute approximate surface area is 145 Å². The number of anilines is 1. The number of halogens is 3. The summed E-state index contributed by atoms with van der Waals surface area (Å²) in [7, 11) is -1.27. The van der Waals surface area contributed by atoms with Gasteiger partial charge in [-0.15, -0.1) is 0 Å². The van der Waals surface area contributed by atoms with Crippen molar-refractivity contribution in [2.45, 2.75) is 50.6 Å². The summed E-state index contributed by atoms with van der Waals surface area (Å²) in [5.41, 5.74) is 5.28. The fourth-order valence-corrected chi connectivity index (χ4v) is 3.13. The molecule has 10 heteroatoms. The molecule has 0 amide bonds. The fourth-order valence-electron chi connectivity index (χ4n) is 3.13. The zero-order valence-corrected chi connectivity index (χ0v) is 14.0. The van der Waals surface area contributed by atoms with Crippen molar-refractivity contribution in [2.24, 2.45) is 11.7 Å². The van der Waals surface area contributed by atoms with Crippen molar-refractivity contribution >= 4 is 13.1 Å². The first-order chi connectivity index (χ1) is 11.8. The molecule has 140 valence electrons. The second-order valence-corrected chi connectivity index (χ2v) is 6.49. The van der Waals surface area contributed by atoms with Gasteiger partial charge in [-0.1, -0.05) is 12.8 Å². The topological polar surface area (TPSA) is 95.5 Å². The van der Waals surface area contributed by atoms with Crippen molar-refractivity contribution in [2.75, 3.05) is 18.0 Å². The Bertz CT molecular complexity index is 540. The molecule has 1 fully saturated rings. The van der Waals surface area contributed by atoms with Crippen LogP contribution in [0.5, 0.6) is 0 Å². The number of hydrogen-bond acceptors (Lipinski definition) is 6. The highest BCUT2D eigenvalue weighted by Gasteiger charge is 2.33. The third-order valence-electron chi connectivity index (χ3n) is 4.61. The maximum atomic E-state index is 12.7. The van der Waals surface area contributed by atoms with E-state index < -0.39 is 19.0 Å². The molecule has 2 heterocycles. The van der Waals surface area contributed by atoms with Gasteiger partial charge in [0.05, 0.1) is 0 Å². The first-order valence-corrected chi connectivity index (χ1v) is 8.54. The molecule has 0 radical (unpaired) electrons. The van der Waals surface area contributed by atoms with Crippen molar-refractivity contribution < 1.29 is 23.2 Å². The fraction of sp³-hybridized carbons (Fsp3) is 0.733. The molecule has 1 aromatic heterocycles. The molecule has 0 bridgehead atoms. The Morgan fingerprint density at radius 1 is 1.28 bits per heavy atom. The van der Waals surface area contributed by atoms with Crippen molar-refractivity contribution in [1.29, 1.82) is 0 Å². The number of nitrogens with two attached hydrogens (primary N) is 1. The molecule has 4 N–H and O–H groups in total. The number of hydrogen-bond donors (Lipinski definition) is 3. The molecular weight excluding hydrogens is 336 g/mol. The van der Waals surface area contributed by atoms with Gasteiger partial charge in [0.15, 0.2) is 0 Å². The smallest absolute Gasteiger partial charge is 0.427 e. The average molecular weight is 360 g/mol. The maximum absolute atomic E-state index is 12.7. The maximum Gasteiger partial charge on any atom is 0.451 e. The number of rotatable bonds is 7. The zero-order chi connectivity index (χ0) is 18.4. The summed E-state index contributed by atoms with van der Waals surface area (Å²) in [4.78, 5) is 9.35. The molecule has 0 spiro atoms. The van der Waals surface area contributed by atoms with Gasteiger partial charge in [0.2, 0.25) is 5.95 Å². The number of alkyl halides is 3. The van der Waals surface area contributed by atoms with Crippen LogP contribution in [0.3, 0.4) is 0 Å². The summed E-state index contributed by atoms with van der Waals surface area (Å²) in [6.07, 6.45) is 0.916. The monoisotopic (exact) mass is 360 g/mol. The summed E-state index contributed by atoms with van der Waals surface area (Å²) >= 11 is 0. The van der Waals surface area contributed by atoms with Gasteiger partial charge in [0.1, 0.15) is 5.69 Å². The van der Waals surface area contributed by atoms with Crippen molar-refractivity contribution in [3.63, 3.8) is 0 Å². The quantitative estimate of drug-likeness (QED) is 0.506. The van der Waals surface area contributed by atoms with Gasteiger partial charge in [-0.05, 0) is 37.6 Å². The van der Waals surface area contributed by atoms with Crippen LogP contribution in [0.25, 0.3) is 0 Å². The number of unbranched alkanes of at least 4 members (excludes halogenated alkanes) is 1. The lowest BCUT2D eigenvalue weighted by Gasteiger charge is -2.35. The van der Waals surface area contributed by atoms with Crippen LogP contribution in [0.2, 0.25) is 6.32 Å². The highest BCUT2D eigenvalue weighted by Crippen LogP contribution is 2.29. The van der Waals surface area contributed by atoms with Crippen LogP contribution in [-0.4, -0.2) is 46.3 Å². The van der Waals surface area contributed by atoms with E-state index in [9.17, 15) is 13.2 Å². The summed E-state index contributed by atoms with van der Waals surface area (Å²) in [6.45, 7) is 1.16. The van der Waals surface area contributed by atoms with Gasteiger partial charge in [-0.2, -0.15) is 13.2 Å². The average Bonchev–Trinajstić information content (AvgIpc) is 2.58. The molecule has 0 aromatic carbocycles. The van der Waals surface area contributed by atoms with Crippen LogP contribution in [0.1, 0.15) is 37.8 Å². The van der Waals surface area contributed by atoms with Gasteiger partial charge in [0.25, 0.3) is 0 Å². The van der Waals surface area contributed by atoms with Gasteiger partial charge >= 0.3 is 13.3 Å². The van der Waals surface area contributed by atoms with Crippen LogP contribution in [-0.2, 0) is 6.18 Å². The molecule has 0 aliphatic carbocycles. The molecule has 1 unspecified atom stereocenters. The third kappa shape index (κ3) is 6.12. The highest BCUT2D eigenvalue weighted by molar-refractivity contribution is 6.40. The minimum atomic E-state index is -4.47. The van der Waals surface area contributed by atoms with E-state index in [2.05, 4.69) is 9.97 Å². The highest BCUT2D eigenvalue weighted by atomic mass is 19.4. The van der Waals surface area contributed by atoms with Gasteiger partial charge in [-0.25, -0.2) is 9.97 Å². The summed E-state index contributed by atoms with van der Waals surface area (Å²) in [5, 5.41) is 17.6. The number of piperidine rings is 1. The Kier molecular flexibility index (Phi) is 7.03. The molecule has 6 nitrogen and oxygen atoms in total. The van der Waals surface area contributed by atoms with E-state index >= 15 is 0 Å². The molecular formula is C15H24BF3N4O2. The predicted octanol–water partition coefficient (Wildman–Crippen LogP) is 1.68. The van der Waals surface area contributed by atoms with Crippen LogP contribution in [0.4, 0.5) is 19.1 Å². The van der Waals surface area contributed by atoms with Crippen LogP contribution >= 0.6 is 0 Å². The first-order valence-electron chi connectivity index (χ1n) is 8.54. The third-order valence-corrected chi connectivity index (χ3v) is 4.61. The molecule has 25 heavy (non-hydrogen) atoms. The molecule has 1 saturated heterocycles. The van der Waals surface area contributed by atoms with E-state index in [4.69, 9.17) is 15.8 Å². The van der Waals surface area contributed by atoms with E-state index in [1.165, 1.54) is 0 Å². The van der Waals surface area contributed by atoms with E-state index in [1.807, 2.05) is 0 Å². The molecule has 1 atom stereocenters. The van der Waals surface area contributed by atoms with Gasteiger partial charge in [0, 0.05) is 25.3 Å². The second kappa shape index (κ2) is 8.82. The van der Waals surface area contributed by atoms with Crippen molar-refractivity contribution in [1.82, 2.24) is 9.97 Å². The summed E-state index contributed by atoms with van der Waals surface area (Å²) < 4.78 is 38.2. The Morgan fingerprint density at radius 2 is 1.96 bits per heavy atom. The first kappa shape index (κ1) is 19.9. The van der Waals surface area contributed by atoms with Gasteiger partial charge in [-0.3, -0.25) is 0 Å². The van der Waals surface area contributed by atoms with Gasteiger partial charge < -0.3 is 20.7 Å². The zero-order valence-electron chi connectivity index (χ0n) is 14.0. The molecule has 2 rings (SSSR count). The summed E-state index contributed by atoms with van der Waals surface area (Å²) in [6, 6.07) is 0.885. The van der Waals surface area contributed by atoms with E-state index in [0.29, 0.717) is 31.7 Å². The summed E-state index contributed by atoms with van der Waals surface area (Å²) in [5.74, 6) is 0.417. The molecule has 0 saturated carbocycles. The standard InChI is InChI=1S/C15H24BF3N4O2/c17-15(18,19)13-4-8-21-14(22-13)23-9-5-11(6-10-23)12(20)3-1-2-7-16(24)25/h4,8,11-12,24-25H,1-3,5-7,9-10,20H2. The molecule has 1 aromatic rings. The van der Waals surface area contributed by atoms with E-state index in [-0.39, 0.29) is 12.0 Å². The van der Waals surface area contributed by atoms with E-state index in [0.717, 1.165) is 37.9 Å². The minimum absolute atomic E-state index is 0.0143. The normalized spacial score (nSPS) is 17.6. The number of nitrogens with zero attached hydrogens (tertiary/aromatic N) is 3. The van der Waals surface area contributed by atoms with Crippen LogP contribution < -0.4 is 10.6 Å². The Morgan fingerprint density at radius 3 is 2.56 bits per heavy atom. The van der Waals surface area contributed by atoms with Crippen molar-refractivity contribution in [3.05, 3.63) is 18.0 Å². The lowest BCUT2D eigenvalue weighted by molar-refractivity contribution is -0.141. The Balaban J connectivity index is 1.81. The Hall–Kier alpha value is -1.39.